The minimum absolute atomic E-state index is 0.0890. The van der Waals surface area contributed by atoms with Crippen LogP contribution in [-0.2, 0) is 9.53 Å². The summed E-state index contributed by atoms with van der Waals surface area (Å²) < 4.78 is 4.63. The molecule has 0 fully saturated rings. The molecule has 0 aliphatic heterocycles. The molecule has 0 saturated heterocycles. The van der Waals surface area contributed by atoms with Crippen molar-refractivity contribution in [2.24, 2.45) is 5.41 Å². The van der Waals surface area contributed by atoms with Gasteiger partial charge in [-0.25, -0.2) is 0 Å². The molecule has 0 spiro atoms. The van der Waals surface area contributed by atoms with Crippen molar-refractivity contribution in [1.29, 1.82) is 0 Å². The maximum atomic E-state index is 11.0. The summed E-state index contributed by atoms with van der Waals surface area (Å²) in [6.07, 6.45) is 23.4. The Morgan fingerprint density at radius 1 is 0.720 bits per heavy atom. The minimum atomic E-state index is -0.0890. The SMILES string of the molecule is COC(=O)CCCCC=CCCCCCCCCCCCC(C)(C)C. The Balaban J connectivity index is 3.16. The number of ether oxygens (including phenoxy) is 1. The van der Waals surface area contributed by atoms with E-state index < -0.39 is 0 Å². The lowest BCUT2D eigenvalue weighted by molar-refractivity contribution is -0.140. The van der Waals surface area contributed by atoms with E-state index in [1.165, 1.54) is 77.7 Å². The molecule has 0 aromatic heterocycles. The fourth-order valence-electron chi connectivity index (χ4n) is 3.02. The average Bonchev–Trinajstić information content (AvgIpc) is 2.56. The number of allylic oxidation sites excluding steroid dienone is 2. The van der Waals surface area contributed by atoms with Crippen LogP contribution in [0.1, 0.15) is 117 Å². The topological polar surface area (TPSA) is 26.3 Å². The Morgan fingerprint density at radius 2 is 1.16 bits per heavy atom. The van der Waals surface area contributed by atoms with Crippen molar-refractivity contribution in [2.45, 2.75) is 117 Å². The Labute approximate surface area is 157 Å². The lowest BCUT2D eigenvalue weighted by atomic mass is 9.89. The van der Waals surface area contributed by atoms with Crippen LogP contribution in [0.5, 0.6) is 0 Å². The lowest BCUT2D eigenvalue weighted by Crippen LogP contribution is -2.03. The van der Waals surface area contributed by atoms with E-state index >= 15 is 0 Å². The van der Waals surface area contributed by atoms with Gasteiger partial charge in [-0.15, -0.1) is 0 Å². The van der Waals surface area contributed by atoms with Gasteiger partial charge in [0.05, 0.1) is 7.11 Å². The molecule has 0 atom stereocenters. The van der Waals surface area contributed by atoms with Crippen molar-refractivity contribution in [2.75, 3.05) is 7.11 Å². The highest BCUT2D eigenvalue weighted by molar-refractivity contribution is 5.68. The molecule has 0 radical (unpaired) electrons. The van der Waals surface area contributed by atoms with E-state index in [1.54, 1.807) is 0 Å². The zero-order valence-electron chi connectivity index (χ0n) is 17.6. The third-order valence-electron chi connectivity index (χ3n) is 4.69. The Hall–Kier alpha value is -0.790. The van der Waals surface area contributed by atoms with Crippen LogP contribution < -0.4 is 0 Å². The second kappa shape index (κ2) is 16.7. The molecule has 0 bridgehead atoms. The highest BCUT2D eigenvalue weighted by Gasteiger charge is 2.08. The average molecular weight is 353 g/mol. The van der Waals surface area contributed by atoms with E-state index in [4.69, 9.17) is 0 Å². The van der Waals surface area contributed by atoms with Crippen LogP contribution in [0.25, 0.3) is 0 Å². The molecule has 2 nitrogen and oxygen atoms in total. The number of hydrogen-bond acceptors (Lipinski definition) is 2. The monoisotopic (exact) mass is 352 g/mol. The van der Waals surface area contributed by atoms with Crippen molar-refractivity contribution in [1.82, 2.24) is 0 Å². The van der Waals surface area contributed by atoms with Crippen molar-refractivity contribution in [3.8, 4) is 0 Å². The van der Waals surface area contributed by atoms with Crippen LogP contribution in [0.4, 0.5) is 0 Å². The van der Waals surface area contributed by atoms with Gasteiger partial charge >= 0.3 is 5.97 Å². The van der Waals surface area contributed by atoms with Crippen molar-refractivity contribution in [3.63, 3.8) is 0 Å². The largest absolute Gasteiger partial charge is 0.469 e. The maximum absolute atomic E-state index is 11.0. The quantitative estimate of drug-likeness (QED) is 0.162. The van der Waals surface area contributed by atoms with Crippen molar-refractivity contribution >= 4 is 5.97 Å². The number of hydrogen-bond donors (Lipinski definition) is 0. The highest BCUT2D eigenvalue weighted by Crippen LogP contribution is 2.22. The minimum Gasteiger partial charge on any atom is -0.469 e. The van der Waals surface area contributed by atoms with Gasteiger partial charge < -0.3 is 4.74 Å². The van der Waals surface area contributed by atoms with Gasteiger partial charge in [0, 0.05) is 6.42 Å². The molecule has 0 aromatic carbocycles. The van der Waals surface area contributed by atoms with Crippen LogP contribution in [0.3, 0.4) is 0 Å². The van der Waals surface area contributed by atoms with Gasteiger partial charge in [-0.05, 0) is 43.9 Å². The first kappa shape index (κ1) is 24.2. The predicted molar refractivity (Wildman–Crippen MR) is 110 cm³/mol. The van der Waals surface area contributed by atoms with Gasteiger partial charge in [-0.2, -0.15) is 0 Å². The first-order valence-electron chi connectivity index (χ1n) is 10.7. The summed E-state index contributed by atoms with van der Waals surface area (Å²) in [5, 5.41) is 0. The van der Waals surface area contributed by atoms with Crippen molar-refractivity contribution < 1.29 is 9.53 Å². The summed E-state index contributed by atoms with van der Waals surface area (Å²) in [5.74, 6) is -0.0890. The zero-order valence-corrected chi connectivity index (χ0v) is 17.6. The molecule has 0 amide bonds. The molecule has 0 N–H and O–H groups in total. The van der Waals surface area contributed by atoms with Gasteiger partial charge in [0.25, 0.3) is 0 Å². The molecule has 25 heavy (non-hydrogen) atoms. The number of unbranched alkanes of at least 4 members (excludes halogenated alkanes) is 11. The third kappa shape index (κ3) is 21.2. The van der Waals surface area contributed by atoms with E-state index in [0.29, 0.717) is 11.8 Å². The zero-order chi connectivity index (χ0) is 18.8. The van der Waals surface area contributed by atoms with Crippen LogP contribution in [0, 0.1) is 5.41 Å². The van der Waals surface area contributed by atoms with E-state index in [-0.39, 0.29) is 5.97 Å². The second-order valence-corrected chi connectivity index (χ2v) is 8.57. The van der Waals surface area contributed by atoms with Gasteiger partial charge in [0.2, 0.25) is 0 Å². The van der Waals surface area contributed by atoms with Gasteiger partial charge in [-0.3, -0.25) is 4.79 Å². The lowest BCUT2D eigenvalue weighted by Gasteiger charge is -2.17. The van der Waals surface area contributed by atoms with Gasteiger partial charge in [-0.1, -0.05) is 84.3 Å². The summed E-state index contributed by atoms with van der Waals surface area (Å²) in [6.45, 7) is 7.02. The molecular weight excluding hydrogens is 308 g/mol. The number of esters is 1. The number of carbonyl (C=O) groups excluding carboxylic acids is 1. The van der Waals surface area contributed by atoms with Crippen molar-refractivity contribution in [3.05, 3.63) is 12.2 Å². The molecule has 2 heteroatoms. The van der Waals surface area contributed by atoms with Crippen LogP contribution in [-0.4, -0.2) is 13.1 Å². The Kier molecular flexibility index (Phi) is 16.1. The molecule has 0 aliphatic carbocycles. The first-order chi connectivity index (χ1) is 12.0. The number of rotatable bonds is 16. The molecule has 0 heterocycles. The Bertz CT molecular complexity index is 325. The molecule has 0 aromatic rings. The highest BCUT2D eigenvalue weighted by atomic mass is 16.5. The molecule has 0 saturated carbocycles. The molecule has 148 valence electrons. The predicted octanol–water partition coefficient (Wildman–Crippen LogP) is 7.61. The molecule has 0 unspecified atom stereocenters. The van der Waals surface area contributed by atoms with Crippen LogP contribution >= 0.6 is 0 Å². The number of carbonyl (C=O) groups is 1. The fourth-order valence-corrected chi connectivity index (χ4v) is 3.02. The van der Waals surface area contributed by atoms with E-state index in [2.05, 4.69) is 37.7 Å². The summed E-state index contributed by atoms with van der Waals surface area (Å²) in [7, 11) is 1.45. The maximum Gasteiger partial charge on any atom is 0.305 e. The summed E-state index contributed by atoms with van der Waals surface area (Å²) in [4.78, 5) is 11.0. The third-order valence-corrected chi connectivity index (χ3v) is 4.69. The van der Waals surface area contributed by atoms with Gasteiger partial charge in [0.15, 0.2) is 0 Å². The molecule has 0 rings (SSSR count). The first-order valence-corrected chi connectivity index (χ1v) is 10.7. The number of methoxy groups -OCH3 is 1. The fraction of sp³-hybridized carbons (Fsp3) is 0.870. The normalized spacial score (nSPS) is 12.0. The van der Waals surface area contributed by atoms with E-state index in [1.807, 2.05) is 0 Å². The second-order valence-electron chi connectivity index (χ2n) is 8.57. The molecule has 0 aliphatic rings. The summed E-state index contributed by atoms with van der Waals surface area (Å²) in [6, 6.07) is 0. The Morgan fingerprint density at radius 3 is 1.64 bits per heavy atom. The summed E-state index contributed by atoms with van der Waals surface area (Å²) >= 11 is 0. The van der Waals surface area contributed by atoms with E-state index in [9.17, 15) is 4.79 Å². The van der Waals surface area contributed by atoms with Crippen LogP contribution in [0.2, 0.25) is 0 Å². The summed E-state index contributed by atoms with van der Waals surface area (Å²) in [5.41, 5.74) is 0.511. The smallest absolute Gasteiger partial charge is 0.305 e. The van der Waals surface area contributed by atoms with Gasteiger partial charge in [0.1, 0.15) is 0 Å². The van der Waals surface area contributed by atoms with E-state index in [0.717, 1.165) is 19.3 Å². The standard InChI is InChI=1S/C23H44O2/c1-23(2,3)21-19-17-15-13-11-9-7-5-6-8-10-12-14-16-18-20-22(24)25-4/h10,12H,5-9,11,13-21H2,1-4H3. The molecular formula is C23H44O2. The van der Waals surface area contributed by atoms with Crippen LogP contribution in [0.15, 0.2) is 12.2 Å².